The molecule has 1 aliphatic rings. The minimum Gasteiger partial charge on any atom is -0.444 e. The van der Waals surface area contributed by atoms with Gasteiger partial charge < -0.3 is 15.2 Å². The second-order valence-electron chi connectivity index (χ2n) is 6.85. The van der Waals surface area contributed by atoms with Crippen LogP contribution in [0.15, 0.2) is 18.2 Å². The number of carbonyl (C=O) groups is 1. The molecule has 23 heavy (non-hydrogen) atoms. The number of benzene rings is 1. The number of aryl methyl sites for hydroxylation is 1. The van der Waals surface area contributed by atoms with E-state index in [4.69, 9.17) is 15.2 Å². The zero-order chi connectivity index (χ0) is 17.2. The second-order valence-corrected chi connectivity index (χ2v) is 6.85. The summed E-state index contributed by atoms with van der Waals surface area (Å²) in [5.41, 5.74) is 7.05. The fraction of sp³-hybridized carbons (Fsp3) is 0.588. The molecule has 6 heteroatoms. The van der Waals surface area contributed by atoms with Gasteiger partial charge in [-0.05, 0) is 44.9 Å². The van der Waals surface area contributed by atoms with Crippen molar-refractivity contribution < 1.29 is 18.7 Å². The SMILES string of the molecule is Cc1cc(C(N)C2COCCN2C(=O)OC(C)(C)C)ccc1F. The van der Waals surface area contributed by atoms with E-state index in [0.29, 0.717) is 25.3 Å². The van der Waals surface area contributed by atoms with Crippen LogP contribution in [-0.4, -0.2) is 42.4 Å². The Morgan fingerprint density at radius 3 is 2.78 bits per heavy atom. The number of ether oxygens (including phenoxy) is 2. The maximum atomic E-state index is 13.4. The quantitative estimate of drug-likeness (QED) is 0.908. The third-order valence-corrected chi connectivity index (χ3v) is 3.77. The van der Waals surface area contributed by atoms with Crippen molar-refractivity contribution in [2.45, 2.75) is 45.4 Å². The van der Waals surface area contributed by atoms with Gasteiger partial charge in [-0.3, -0.25) is 4.90 Å². The van der Waals surface area contributed by atoms with Crippen LogP contribution < -0.4 is 5.73 Å². The van der Waals surface area contributed by atoms with Gasteiger partial charge in [-0.2, -0.15) is 0 Å². The highest BCUT2D eigenvalue weighted by molar-refractivity contribution is 5.69. The van der Waals surface area contributed by atoms with Gasteiger partial charge in [0.2, 0.25) is 0 Å². The minimum absolute atomic E-state index is 0.273. The van der Waals surface area contributed by atoms with Crippen molar-refractivity contribution in [2.24, 2.45) is 5.73 Å². The molecule has 0 aromatic heterocycles. The van der Waals surface area contributed by atoms with E-state index in [9.17, 15) is 9.18 Å². The number of amides is 1. The third kappa shape index (κ3) is 4.42. The van der Waals surface area contributed by atoms with E-state index in [-0.39, 0.29) is 11.9 Å². The Hall–Kier alpha value is -1.66. The zero-order valence-electron chi connectivity index (χ0n) is 14.1. The predicted molar refractivity (Wildman–Crippen MR) is 85.6 cm³/mol. The van der Waals surface area contributed by atoms with Crippen molar-refractivity contribution in [3.63, 3.8) is 0 Å². The van der Waals surface area contributed by atoms with Crippen molar-refractivity contribution in [3.05, 3.63) is 35.1 Å². The van der Waals surface area contributed by atoms with Gasteiger partial charge in [0.25, 0.3) is 0 Å². The van der Waals surface area contributed by atoms with Gasteiger partial charge in [0.15, 0.2) is 0 Å². The van der Waals surface area contributed by atoms with Gasteiger partial charge >= 0.3 is 6.09 Å². The Bertz CT molecular complexity index is 571. The first-order valence-corrected chi connectivity index (χ1v) is 7.78. The molecular weight excluding hydrogens is 299 g/mol. The zero-order valence-corrected chi connectivity index (χ0v) is 14.1. The van der Waals surface area contributed by atoms with Gasteiger partial charge in [0.05, 0.1) is 25.3 Å². The van der Waals surface area contributed by atoms with Crippen LogP contribution in [0.5, 0.6) is 0 Å². The Kier molecular flexibility index (Phi) is 5.26. The summed E-state index contributed by atoms with van der Waals surface area (Å²) >= 11 is 0. The lowest BCUT2D eigenvalue weighted by molar-refractivity contribution is -0.0382. The summed E-state index contributed by atoms with van der Waals surface area (Å²) in [5, 5.41) is 0. The summed E-state index contributed by atoms with van der Waals surface area (Å²) < 4.78 is 24.4. The molecule has 5 nitrogen and oxygen atoms in total. The average Bonchev–Trinajstić information content (AvgIpc) is 2.47. The Balaban J connectivity index is 2.19. The molecule has 128 valence electrons. The number of nitrogens with two attached hydrogens (primary N) is 1. The summed E-state index contributed by atoms with van der Waals surface area (Å²) in [6.07, 6.45) is -0.403. The molecule has 2 rings (SSSR count). The minimum atomic E-state index is -0.573. The van der Waals surface area contributed by atoms with Gasteiger partial charge in [0, 0.05) is 6.54 Å². The lowest BCUT2D eigenvalue weighted by Crippen LogP contribution is -2.54. The number of hydrogen-bond donors (Lipinski definition) is 1. The van der Waals surface area contributed by atoms with E-state index in [1.165, 1.54) is 6.07 Å². The lowest BCUT2D eigenvalue weighted by Gasteiger charge is -2.39. The summed E-state index contributed by atoms with van der Waals surface area (Å²) in [5.74, 6) is -0.273. The fourth-order valence-corrected chi connectivity index (χ4v) is 2.56. The Morgan fingerprint density at radius 1 is 1.48 bits per heavy atom. The number of carbonyl (C=O) groups excluding carboxylic acids is 1. The van der Waals surface area contributed by atoms with E-state index in [2.05, 4.69) is 0 Å². The number of rotatable bonds is 2. The van der Waals surface area contributed by atoms with Crippen molar-refractivity contribution in [2.75, 3.05) is 19.8 Å². The highest BCUT2D eigenvalue weighted by Gasteiger charge is 2.35. The summed E-state index contributed by atoms with van der Waals surface area (Å²) in [6.45, 7) is 8.36. The monoisotopic (exact) mass is 324 g/mol. The molecule has 0 aliphatic carbocycles. The third-order valence-electron chi connectivity index (χ3n) is 3.77. The van der Waals surface area contributed by atoms with Crippen molar-refractivity contribution in [1.29, 1.82) is 0 Å². The van der Waals surface area contributed by atoms with E-state index in [0.717, 1.165) is 5.56 Å². The molecule has 1 aromatic carbocycles. The molecule has 2 unspecified atom stereocenters. The number of hydrogen-bond acceptors (Lipinski definition) is 4. The summed E-state index contributed by atoms with van der Waals surface area (Å²) in [4.78, 5) is 14.0. The molecule has 2 N–H and O–H groups in total. The molecule has 0 radical (unpaired) electrons. The Morgan fingerprint density at radius 2 is 2.17 bits per heavy atom. The molecule has 2 atom stereocenters. The molecule has 1 amide bonds. The highest BCUT2D eigenvalue weighted by atomic mass is 19.1. The molecule has 1 aliphatic heterocycles. The lowest BCUT2D eigenvalue weighted by atomic mass is 9.97. The standard InChI is InChI=1S/C17H25FN2O3/c1-11-9-12(5-6-13(11)18)15(19)14-10-22-8-7-20(14)16(21)23-17(2,3)4/h5-6,9,14-15H,7-8,10,19H2,1-4H3. The fourth-order valence-electron chi connectivity index (χ4n) is 2.56. The topological polar surface area (TPSA) is 64.8 Å². The van der Waals surface area contributed by atoms with Crippen molar-refractivity contribution >= 4 is 6.09 Å². The van der Waals surface area contributed by atoms with Gasteiger partial charge in [-0.25, -0.2) is 9.18 Å². The van der Waals surface area contributed by atoms with Gasteiger partial charge in [-0.1, -0.05) is 12.1 Å². The number of morpholine rings is 1. The van der Waals surface area contributed by atoms with E-state index < -0.39 is 17.7 Å². The average molecular weight is 324 g/mol. The predicted octanol–water partition coefficient (Wildman–Crippen LogP) is 2.77. The Labute approximate surface area is 136 Å². The van der Waals surface area contributed by atoms with Crippen LogP contribution in [0.2, 0.25) is 0 Å². The van der Waals surface area contributed by atoms with Crippen LogP contribution in [0.4, 0.5) is 9.18 Å². The van der Waals surface area contributed by atoms with Crippen molar-refractivity contribution in [1.82, 2.24) is 4.90 Å². The maximum absolute atomic E-state index is 13.4. The van der Waals surface area contributed by atoms with Crippen LogP contribution in [0.1, 0.15) is 37.9 Å². The molecule has 1 aromatic rings. The number of halogens is 1. The molecule has 1 saturated heterocycles. The molecular formula is C17H25FN2O3. The second kappa shape index (κ2) is 6.84. The molecule has 0 bridgehead atoms. The molecule has 1 fully saturated rings. The highest BCUT2D eigenvalue weighted by Crippen LogP contribution is 2.25. The molecule has 0 saturated carbocycles. The van der Waals surface area contributed by atoms with E-state index in [1.54, 1.807) is 24.0 Å². The molecule has 1 heterocycles. The first-order chi connectivity index (χ1) is 10.7. The summed E-state index contributed by atoms with van der Waals surface area (Å²) in [6, 6.07) is 3.94. The van der Waals surface area contributed by atoms with Crippen LogP contribution in [0, 0.1) is 12.7 Å². The largest absolute Gasteiger partial charge is 0.444 e. The van der Waals surface area contributed by atoms with Crippen LogP contribution in [0.3, 0.4) is 0 Å². The first kappa shape index (κ1) is 17.7. The summed E-state index contributed by atoms with van der Waals surface area (Å²) in [7, 11) is 0. The van der Waals surface area contributed by atoms with Gasteiger partial charge in [-0.15, -0.1) is 0 Å². The van der Waals surface area contributed by atoms with Crippen molar-refractivity contribution in [3.8, 4) is 0 Å². The van der Waals surface area contributed by atoms with E-state index >= 15 is 0 Å². The molecule has 0 spiro atoms. The number of nitrogens with zero attached hydrogens (tertiary/aromatic N) is 1. The van der Waals surface area contributed by atoms with Crippen LogP contribution in [-0.2, 0) is 9.47 Å². The maximum Gasteiger partial charge on any atom is 0.410 e. The van der Waals surface area contributed by atoms with E-state index in [1.807, 2.05) is 20.8 Å². The van der Waals surface area contributed by atoms with Crippen LogP contribution in [0.25, 0.3) is 0 Å². The van der Waals surface area contributed by atoms with Gasteiger partial charge in [0.1, 0.15) is 11.4 Å². The normalized spacial score (nSPS) is 20.3. The smallest absolute Gasteiger partial charge is 0.410 e. The van der Waals surface area contributed by atoms with Crippen LogP contribution >= 0.6 is 0 Å². The first-order valence-electron chi connectivity index (χ1n) is 7.78.